The van der Waals surface area contributed by atoms with E-state index in [0.717, 1.165) is 0 Å². The average molecular weight is 260 g/mol. The second-order valence-corrected chi connectivity index (χ2v) is 3.75. The third kappa shape index (κ3) is 3.32. The summed E-state index contributed by atoms with van der Waals surface area (Å²) in [5.41, 5.74) is 0.201. The minimum atomic E-state index is -0.675. The van der Waals surface area contributed by atoms with Gasteiger partial charge in [0.25, 0.3) is 0 Å². The van der Waals surface area contributed by atoms with Gasteiger partial charge in [0.05, 0.1) is 11.4 Å². The van der Waals surface area contributed by atoms with Crippen LogP contribution >= 0.6 is 23.2 Å². The van der Waals surface area contributed by atoms with E-state index in [1.165, 1.54) is 18.2 Å². The largest absolute Gasteiger partial charge is 0.299 e. The summed E-state index contributed by atoms with van der Waals surface area (Å²) in [6, 6.07) is 4.34. The van der Waals surface area contributed by atoms with Crippen LogP contribution in [0, 0.1) is 0 Å². The number of ketones is 1. The van der Waals surface area contributed by atoms with Crippen LogP contribution in [0.3, 0.4) is 0 Å². The van der Waals surface area contributed by atoms with E-state index in [2.05, 4.69) is 0 Å². The molecule has 0 atom stereocenters. The first-order valence-corrected chi connectivity index (χ1v) is 5.01. The van der Waals surface area contributed by atoms with Gasteiger partial charge in [0.15, 0.2) is 5.78 Å². The normalized spacial score (nSPS) is 9.62. The van der Waals surface area contributed by atoms with Gasteiger partial charge in [-0.2, -0.15) is 0 Å². The summed E-state index contributed by atoms with van der Waals surface area (Å²) < 4.78 is 0. The van der Waals surface area contributed by atoms with E-state index in [0.29, 0.717) is 5.02 Å². The summed E-state index contributed by atoms with van der Waals surface area (Å²) in [6.45, 7) is 0. The number of amides is 2. The Morgan fingerprint density at radius 2 is 2.00 bits per heavy atom. The lowest BCUT2D eigenvalue weighted by atomic mass is 10.1. The van der Waals surface area contributed by atoms with Crippen LogP contribution in [0.1, 0.15) is 16.8 Å². The van der Waals surface area contributed by atoms with E-state index < -0.39 is 18.1 Å². The molecule has 1 aromatic carbocycles. The molecule has 2 amide bonds. The van der Waals surface area contributed by atoms with Crippen LogP contribution in [0.2, 0.25) is 10.0 Å². The predicted octanol–water partition coefficient (Wildman–Crippen LogP) is 1.84. The Morgan fingerprint density at radius 3 is 2.56 bits per heavy atom. The van der Waals surface area contributed by atoms with Gasteiger partial charge in [0.2, 0.25) is 12.3 Å². The fourth-order valence-electron chi connectivity index (χ4n) is 1.07. The van der Waals surface area contributed by atoms with E-state index in [9.17, 15) is 14.4 Å². The lowest BCUT2D eigenvalue weighted by Crippen LogP contribution is -2.24. The van der Waals surface area contributed by atoms with Crippen LogP contribution in [0.5, 0.6) is 0 Å². The molecular formula is C10H7Cl2NO3. The molecule has 0 unspecified atom stereocenters. The van der Waals surface area contributed by atoms with Crippen molar-refractivity contribution >= 4 is 41.3 Å². The first kappa shape index (κ1) is 12.7. The van der Waals surface area contributed by atoms with Crippen LogP contribution in [0.4, 0.5) is 0 Å². The number of halogens is 2. The molecular weight excluding hydrogens is 253 g/mol. The zero-order valence-electron chi connectivity index (χ0n) is 8.00. The van der Waals surface area contributed by atoms with Crippen LogP contribution < -0.4 is 5.32 Å². The maximum Gasteiger partial charge on any atom is 0.234 e. The zero-order chi connectivity index (χ0) is 12.1. The predicted molar refractivity (Wildman–Crippen MR) is 59.6 cm³/mol. The number of carbonyl (C=O) groups is 3. The van der Waals surface area contributed by atoms with Gasteiger partial charge in [-0.3, -0.25) is 19.7 Å². The van der Waals surface area contributed by atoms with E-state index >= 15 is 0 Å². The molecule has 16 heavy (non-hydrogen) atoms. The molecule has 0 aromatic heterocycles. The average Bonchev–Trinajstić information content (AvgIpc) is 2.17. The molecule has 0 spiro atoms. The van der Waals surface area contributed by atoms with E-state index in [1.54, 1.807) is 0 Å². The van der Waals surface area contributed by atoms with Gasteiger partial charge >= 0.3 is 0 Å². The van der Waals surface area contributed by atoms with Gasteiger partial charge in [-0.1, -0.05) is 23.2 Å². The summed E-state index contributed by atoms with van der Waals surface area (Å²) in [5, 5.41) is 2.45. The standard InChI is InChI=1S/C10H7Cl2NO3/c11-6-1-2-7(8(12)3-6)9(15)4-10(16)13-5-14/h1-3,5H,4H2,(H,13,14,16). The molecule has 0 fully saturated rings. The number of hydrogen-bond donors (Lipinski definition) is 1. The Morgan fingerprint density at radius 1 is 1.31 bits per heavy atom. The van der Waals surface area contributed by atoms with Gasteiger partial charge in [-0.05, 0) is 18.2 Å². The molecule has 1 rings (SSSR count). The molecule has 0 heterocycles. The number of carbonyl (C=O) groups excluding carboxylic acids is 3. The third-order valence-corrected chi connectivity index (χ3v) is 2.32. The Kier molecular flexibility index (Phi) is 4.46. The Labute approximate surface area is 102 Å². The van der Waals surface area contributed by atoms with Gasteiger partial charge in [-0.15, -0.1) is 0 Å². The highest BCUT2D eigenvalue weighted by molar-refractivity contribution is 6.37. The fourth-order valence-corrected chi connectivity index (χ4v) is 1.59. The number of hydrogen-bond acceptors (Lipinski definition) is 3. The topological polar surface area (TPSA) is 63.2 Å². The van der Waals surface area contributed by atoms with Gasteiger partial charge < -0.3 is 0 Å². The molecule has 0 radical (unpaired) electrons. The summed E-state index contributed by atoms with van der Waals surface area (Å²) >= 11 is 11.4. The first-order chi connectivity index (χ1) is 7.54. The Hall–Kier alpha value is -1.39. The Balaban J connectivity index is 2.81. The minimum absolute atomic E-state index is 0.177. The first-order valence-electron chi connectivity index (χ1n) is 4.26. The quantitative estimate of drug-likeness (QED) is 0.510. The van der Waals surface area contributed by atoms with Crippen LogP contribution in [-0.4, -0.2) is 18.1 Å². The lowest BCUT2D eigenvalue weighted by Gasteiger charge is -2.02. The minimum Gasteiger partial charge on any atom is -0.299 e. The van der Waals surface area contributed by atoms with Crippen molar-refractivity contribution < 1.29 is 14.4 Å². The Bertz CT molecular complexity index is 446. The smallest absolute Gasteiger partial charge is 0.234 e. The van der Waals surface area contributed by atoms with Gasteiger partial charge in [0.1, 0.15) is 0 Å². The van der Waals surface area contributed by atoms with Gasteiger partial charge in [-0.25, -0.2) is 0 Å². The second kappa shape index (κ2) is 5.63. The zero-order valence-corrected chi connectivity index (χ0v) is 9.51. The number of Topliss-reactive ketones (excluding diaryl/α,β-unsaturated/α-hetero) is 1. The molecule has 0 aliphatic carbocycles. The second-order valence-electron chi connectivity index (χ2n) is 2.91. The summed E-state index contributed by atoms with van der Waals surface area (Å²) in [5.74, 6) is -1.15. The van der Waals surface area contributed by atoms with Crippen molar-refractivity contribution in [3.05, 3.63) is 33.8 Å². The highest BCUT2D eigenvalue weighted by Gasteiger charge is 2.14. The fraction of sp³-hybridized carbons (Fsp3) is 0.100. The molecule has 0 aliphatic heterocycles. The molecule has 6 heteroatoms. The van der Waals surface area contributed by atoms with Crippen molar-refractivity contribution in [2.75, 3.05) is 0 Å². The van der Waals surface area contributed by atoms with Crippen molar-refractivity contribution in [2.24, 2.45) is 0 Å². The maximum atomic E-state index is 11.6. The highest BCUT2D eigenvalue weighted by Crippen LogP contribution is 2.21. The number of nitrogens with one attached hydrogen (secondary N) is 1. The van der Waals surface area contributed by atoms with Crippen molar-refractivity contribution in [2.45, 2.75) is 6.42 Å². The summed E-state index contributed by atoms with van der Waals surface area (Å²) in [6.07, 6.45) is -0.209. The molecule has 0 aliphatic rings. The van der Waals surface area contributed by atoms with Crippen LogP contribution in [-0.2, 0) is 9.59 Å². The van der Waals surface area contributed by atoms with E-state index in [4.69, 9.17) is 23.2 Å². The van der Waals surface area contributed by atoms with Crippen molar-refractivity contribution in [3.8, 4) is 0 Å². The van der Waals surface area contributed by atoms with E-state index in [-0.39, 0.29) is 17.0 Å². The summed E-state index contributed by atoms with van der Waals surface area (Å²) in [7, 11) is 0. The van der Waals surface area contributed by atoms with Gasteiger partial charge in [0, 0.05) is 10.6 Å². The highest BCUT2D eigenvalue weighted by atomic mass is 35.5. The maximum absolute atomic E-state index is 11.6. The molecule has 1 aromatic rings. The number of rotatable bonds is 4. The van der Waals surface area contributed by atoms with Crippen LogP contribution in [0.25, 0.3) is 0 Å². The third-order valence-electron chi connectivity index (χ3n) is 1.77. The number of imide groups is 1. The monoisotopic (exact) mass is 259 g/mol. The van der Waals surface area contributed by atoms with Crippen molar-refractivity contribution in [1.82, 2.24) is 5.32 Å². The van der Waals surface area contributed by atoms with Crippen molar-refractivity contribution in [3.63, 3.8) is 0 Å². The van der Waals surface area contributed by atoms with E-state index in [1.807, 2.05) is 5.32 Å². The van der Waals surface area contributed by atoms with Crippen molar-refractivity contribution in [1.29, 1.82) is 0 Å². The molecule has 84 valence electrons. The molecule has 1 N–H and O–H groups in total. The SMILES string of the molecule is O=CNC(=O)CC(=O)c1ccc(Cl)cc1Cl. The summed E-state index contributed by atoms with van der Waals surface area (Å²) in [4.78, 5) is 32.5. The molecule has 0 bridgehead atoms. The molecule has 0 saturated heterocycles. The lowest BCUT2D eigenvalue weighted by molar-refractivity contribution is -0.124. The molecule has 4 nitrogen and oxygen atoms in total. The number of benzene rings is 1. The van der Waals surface area contributed by atoms with Crippen LogP contribution in [0.15, 0.2) is 18.2 Å². The molecule has 0 saturated carbocycles.